The van der Waals surface area contributed by atoms with Crippen molar-refractivity contribution in [1.82, 2.24) is 9.55 Å². The molecule has 1 heterocycles. The molecule has 0 saturated heterocycles. The molecule has 0 aliphatic heterocycles. The summed E-state index contributed by atoms with van der Waals surface area (Å²) in [4.78, 5) is 15.9. The summed E-state index contributed by atoms with van der Waals surface area (Å²) in [5.41, 5.74) is 0.882. The second kappa shape index (κ2) is 5.17. The van der Waals surface area contributed by atoms with E-state index >= 15 is 0 Å². The summed E-state index contributed by atoms with van der Waals surface area (Å²) in [6, 6.07) is 7.83. The summed E-state index contributed by atoms with van der Waals surface area (Å²) < 4.78 is 2.36. The lowest BCUT2D eigenvalue weighted by molar-refractivity contribution is 0.206. The van der Waals surface area contributed by atoms with Crippen LogP contribution in [0.15, 0.2) is 29.1 Å². The molecule has 3 nitrogen and oxygen atoms in total. The molecule has 0 spiro atoms. The third kappa shape index (κ3) is 2.22. The predicted octanol–water partition coefficient (Wildman–Crippen LogP) is 4.06. The number of hydrogen-bond donors (Lipinski definition) is 1. The number of aromatic nitrogens is 2. The number of aromatic amines is 1. The fourth-order valence-corrected chi connectivity index (χ4v) is 3.60. The van der Waals surface area contributed by atoms with Crippen molar-refractivity contribution in [2.24, 2.45) is 11.8 Å². The maximum atomic E-state index is 12.7. The van der Waals surface area contributed by atoms with Crippen LogP contribution in [0.25, 0.3) is 10.9 Å². The van der Waals surface area contributed by atoms with Gasteiger partial charge in [0.05, 0.1) is 10.9 Å². The summed E-state index contributed by atoms with van der Waals surface area (Å²) >= 11 is 5.42. The SMILES string of the molecule is CC1CCC(n2c(=S)[nH]c3ccccc3c2=O)CC1C. The van der Waals surface area contributed by atoms with Gasteiger partial charge in [0.15, 0.2) is 4.77 Å². The normalized spacial score (nSPS) is 26.8. The van der Waals surface area contributed by atoms with Gasteiger partial charge in [0.2, 0.25) is 0 Å². The Morgan fingerprint density at radius 3 is 2.70 bits per heavy atom. The highest BCUT2D eigenvalue weighted by molar-refractivity contribution is 7.71. The zero-order valence-corrected chi connectivity index (χ0v) is 12.7. The summed E-state index contributed by atoms with van der Waals surface area (Å²) in [5, 5.41) is 0.729. The van der Waals surface area contributed by atoms with E-state index in [1.807, 2.05) is 24.3 Å². The van der Waals surface area contributed by atoms with Gasteiger partial charge in [-0.3, -0.25) is 9.36 Å². The topological polar surface area (TPSA) is 37.8 Å². The average Bonchev–Trinajstić information content (AvgIpc) is 2.43. The Balaban J connectivity index is 2.12. The van der Waals surface area contributed by atoms with Crippen LogP contribution < -0.4 is 5.56 Å². The average molecular weight is 288 g/mol. The van der Waals surface area contributed by atoms with E-state index in [1.165, 1.54) is 6.42 Å². The van der Waals surface area contributed by atoms with Gasteiger partial charge < -0.3 is 4.98 Å². The van der Waals surface area contributed by atoms with Crippen LogP contribution in [0.2, 0.25) is 0 Å². The summed E-state index contributed by atoms with van der Waals surface area (Å²) in [5.74, 6) is 1.38. The van der Waals surface area contributed by atoms with Gasteiger partial charge in [0.1, 0.15) is 0 Å². The first-order valence-corrected chi connectivity index (χ1v) is 7.72. The molecule has 3 rings (SSSR count). The first-order valence-electron chi connectivity index (χ1n) is 7.31. The zero-order valence-electron chi connectivity index (χ0n) is 11.9. The highest BCUT2D eigenvalue weighted by atomic mass is 32.1. The minimum Gasteiger partial charge on any atom is -0.332 e. The van der Waals surface area contributed by atoms with Crippen LogP contribution in [0.5, 0.6) is 0 Å². The number of hydrogen-bond acceptors (Lipinski definition) is 2. The van der Waals surface area contributed by atoms with Crippen LogP contribution in [0.3, 0.4) is 0 Å². The second-order valence-electron chi connectivity index (χ2n) is 6.07. The smallest absolute Gasteiger partial charge is 0.262 e. The number of nitrogens with zero attached hydrogens (tertiary/aromatic N) is 1. The maximum absolute atomic E-state index is 12.7. The molecule has 0 amide bonds. The molecule has 3 atom stereocenters. The summed E-state index contributed by atoms with van der Waals surface area (Å²) in [7, 11) is 0. The first-order chi connectivity index (χ1) is 9.58. The molecular formula is C16H20N2OS. The summed E-state index contributed by atoms with van der Waals surface area (Å²) in [6.07, 6.45) is 3.25. The van der Waals surface area contributed by atoms with E-state index in [-0.39, 0.29) is 11.6 Å². The van der Waals surface area contributed by atoms with Gasteiger partial charge in [-0.25, -0.2) is 0 Å². The van der Waals surface area contributed by atoms with E-state index in [1.54, 1.807) is 4.57 Å². The van der Waals surface area contributed by atoms with Crippen molar-refractivity contribution in [1.29, 1.82) is 0 Å². The van der Waals surface area contributed by atoms with Crippen molar-refractivity contribution in [3.63, 3.8) is 0 Å². The van der Waals surface area contributed by atoms with Gasteiger partial charge in [-0.05, 0) is 55.4 Å². The molecule has 106 valence electrons. The van der Waals surface area contributed by atoms with Crippen LogP contribution in [0, 0.1) is 16.6 Å². The molecule has 0 radical (unpaired) electrons. The van der Waals surface area contributed by atoms with Crippen LogP contribution in [0.1, 0.15) is 39.2 Å². The molecule has 1 aromatic heterocycles. The lowest BCUT2D eigenvalue weighted by atomic mass is 9.79. The predicted molar refractivity (Wildman–Crippen MR) is 84.6 cm³/mol. The molecule has 1 saturated carbocycles. The number of rotatable bonds is 1. The third-order valence-electron chi connectivity index (χ3n) is 4.77. The molecule has 20 heavy (non-hydrogen) atoms. The van der Waals surface area contributed by atoms with Gasteiger partial charge >= 0.3 is 0 Å². The van der Waals surface area contributed by atoms with E-state index in [9.17, 15) is 4.79 Å². The van der Waals surface area contributed by atoms with Crippen LogP contribution in [-0.2, 0) is 0 Å². The number of H-pyrrole nitrogens is 1. The first kappa shape index (κ1) is 13.6. The quantitative estimate of drug-likeness (QED) is 0.804. The molecule has 1 fully saturated rings. The van der Waals surface area contributed by atoms with E-state index in [0.29, 0.717) is 10.7 Å². The molecule has 0 bridgehead atoms. The molecule has 3 unspecified atom stereocenters. The Kier molecular flexibility index (Phi) is 3.50. The van der Waals surface area contributed by atoms with Crippen molar-refractivity contribution in [3.8, 4) is 0 Å². The fraction of sp³-hybridized carbons (Fsp3) is 0.500. The fourth-order valence-electron chi connectivity index (χ4n) is 3.26. The van der Waals surface area contributed by atoms with Crippen molar-refractivity contribution in [3.05, 3.63) is 39.4 Å². The zero-order chi connectivity index (χ0) is 14.3. The molecule has 2 aromatic rings. The molecule has 4 heteroatoms. The van der Waals surface area contributed by atoms with Gasteiger partial charge in [0, 0.05) is 6.04 Å². The standard InChI is InChI=1S/C16H20N2OS/c1-10-7-8-12(9-11(10)2)18-15(19)13-5-3-4-6-14(13)17-16(18)20/h3-6,10-12H,7-9H2,1-2H3,(H,17,20). The molecule has 1 aromatic carbocycles. The monoisotopic (exact) mass is 288 g/mol. The van der Waals surface area contributed by atoms with Crippen molar-refractivity contribution in [2.45, 2.75) is 39.2 Å². The second-order valence-corrected chi connectivity index (χ2v) is 6.46. The minimum atomic E-state index is 0.0519. The number of para-hydroxylation sites is 1. The van der Waals surface area contributed by atoms with E-state index in [4.69, 9.17) is 12.2 Å². The van der Waals surface area contributed by atoms with Crippen LogP contribution in [-0.4, -0.2) is 9.55 Å². The Labute approximate surface area is 123 Å². The van der Waals surface area contributed by atoms with Crippen molar-refractivity contribution in [2.75, 3.05) is 0 Å². The highest BCUT2D eigenvalue weighted by Crippen LogP contribution is 2.35. The Morgan fingerprint density at radius 2 is 1.95 bits per heavy atom. The highest BCUT2D eigenvalue weighted by Gasteiger charge is 2.27. The Morgan fingerprint density at radius 1 is 1.20 bits per heavy atom. The Hall–Kier alpha value is -1.42. The van der Waals surface area contributed by atoms with Gasteiger partial charge in [0.25, 0.3) is 5.56 Å². The molecule has 1 aliphatic carbocycles. The molecule has 1 aliphatic rings. The largest absolute Gasteiger partial charge is 0.332 e. The lowest BCUT2D eigenvalue weighted by Gasteiger charge is -2.33. The van der Waals surface area contributed by atoms with Gasteiger partial charge in [-0.2, -0.15) is 0 Å². The lowest BCUT2D eigenvalue weighted by Crippen LogP contribution is -2.31. The maximum Gasteiger partial charge on any atom is 0.262 e. The minimum absolute atomic E-state index is 0.0519. The molecule has 1 N–H and O–H groups in total. The third-order valence-corrected chi connectivity index (χ3v) is 5.07. The molecular weight excluding hydrogens is 268 g/mol. The Bertz CT molecular complexity index is 746. The van der Waals surface area contributed by atoms with Crippen molar-refractivity contribution < 1.29 is 0 Å². The van der Waals surface area contributed by atoms with E-state index in [2.05, 4.69) is 18.8 Å². The van der Waals surface area contributed by atoms with E-state index < -0.39 is 0 Å². The van der Waals surface area contributed by atoms with Crippen LogP contribution in [0.4, 0.5) is 0 Å². The number of fused-ring (bicyclic) bond motifs is 1. The summed E-state index contributed by atoms with van der Waals surface area (Å²) in [6.45, 7) is 4.57. The number of benzene rings is 1. The van der Waals surface area contributed by atoms with Crippen LogP contribution >= 0.6 is 12.2 Å². The van der Waals surface area contributed by atoms with Crippen molar-refractivity contribution >= 4 is 23.1 Å². The van der Waals surface area contributed by atoms with Gasteiger partial charge in [-0.15, -0.1) is 0 Å². The van der Waals surface area contributed by atoms with Gasteiger partial charge in [-0.1, -0.05) is 26.0 Å². The van der Waals surface area contributed by atoms with E-state index in [0.717, 1.165) is 29.7 Å². The number of nitrogens with one attached hydrogen (secondary N) is 1.